The number of esters is 1. The first-order valence-corrected chi connectivity index (χ1v) is 6.02. The van der Waals surface area contributed by atoms with Crippen molar-refractivity contribution in [3.05, 3.63) is 34.1 Å². The first kappa shape index (κ1) is 13.5. The molecule has 1 aromatic carbocycles. The lowest BCUT2D eigenvalue weighted by atomic mass is 10.1. The zero-order chi connectivity index (χ0) is 12.1. The van der Waals surface area contributed by atoms with Gasteiger partial charge in [0.2, 0.25) is 0 Å². The Bertz CT molecular complexity index is 384. The number of benzene rings is 1. The Morgan fingerprint density at radius 2 is 2.31 bits per heavy atom. The summed E-state index contributed by atoms with van der Waals surface area (Å²) in [5.41, 5.74) is 0.661. The standard InChI is InChI=1S/C11H11BrClFO2/c1-2-16-11(15)9(13)5-7-3-4-8(12)10(14)6-7/h3-4,6,9H,2,5H2,1H3. The van der Waals surface area contributed by atoms with Crippen molar-refractivity contribution in [2.45, 2.75) is 18.7 Å². The van der Waals surface area contributed by atoms with Gasteiger partial charge < -0.3 is 4.74 Å². The van der Waals surface area contributed by atoms with E-state index in [0.717, 1.165) is 0 Å². The average molecular weight is 310 g/mol. The molecule has 16 heavy (non-hydrogen) atoms. The summed E-state index contributed by atoms with van der Waals surface area (Å²) in [6.45, 7) is 2.00. The second-order valence-corrected chi connectivity index (χ2v) is 4.55. The van der Waals surface area contributed by atoms with Crippen LogP contribution in [0.1, 0.15) is 12.5 Å². The first-order chi connectivity index (χ1) is 7.54. The minimum absolute atomic E-state index is 0.255. The third kappa shape index (κ3) is 3.76. The number of carbonyl (C=O) groups is 1. The fourth-order valence-corrected chi connectivity index (χ4v) is 1.68. The molecule has 0 aromatic heterocycles. The molecule has 0 heterocycles. The van der Waals surface area contributed by atoms with Crippen molar-refractivity contribution in [2.75, 3.05) is 6.61 Å². The zero-order valence-corrected chi connectivity index (χ0v) is 11.0. The van der Waals surface area contributed by atoms with E-state index in [-0.39, 0.29) is 18.8 Å². The average Bonchev–Trinajstić information content (AvgIpc) is 2.24. The Hall–Kier alpha value is -0.610. The number of alkyl halides is 1. The van der Waals surface area contributed by atoms with Crippen LogP contribution in [-0.4, -0.2) is 18.0 Å². The summed E-state index contributed by atoms with van der Waals surface area (Å²) in [6.07, 6.45) is 0.255. The molecule has 0 saturated heterocycles. The van der Waals surface area contributed by atoms with Crippen molar-refractivity contribution in [1.82, 2.24) is 0 Å². The van der Waals surface area contributed by atoms with E-state index < -0.39 is 11.3 Å². The Balaban J connectivity index is 2.66. The second kappa shape index (κ2) is 6.21. The normalized spacial score (nSPS) is 12.2. The predicted octanol–water partition coefficient (Wildman–Crippen LogP) is 3.30. The fraction of sp³-hybridized carbons (Fsp3) is 0.364. The van der Waals surface area contributed by atoms with E-state index in [9.17, 15) is 9.18 Å². The van der Waals surface area contributed by atoms with Crippen LogP contribution in [0.4, 0.5) is 4.39 Å². The summed E-state index contributed by atoms with van der Waals surface area (Å²) in [6, 6.07) is 4.64. The molecule has 0 aliphatic rings. The van der Waals surface area contributed by atoms with Gasteiger partial charge in [0, 0.05) is 0 Å². The lowest BCUT2D eigenvalue weighted by Crippen LogP contribution is -2.20. The van der Waals surface area contributed by atoms with Crippen molar-refractivity contribution in [1.29, 1.82) is 0 Å². The van der Waals surface area contributed by atoms with Crippen molar-refractivity contribution in [2.24, 2.45) is 0 Å². The smallest absolute Gasteiger partial charge is 0.324 e. The highest BCUT2D eigenvalue weighted by Gasteiger charge is 2.17. The molecule has 0 aliphatic carbocycles. The first-order valence-electron chi connectivity index (χ1n) is 4.79. The summed E-state index contributed by atoms with van der Waals surface area (Å²) in [5.74, 6) is -0.849. The van der Waals surface area contributed by atoms with Crippen LogP contribution in [0.5, 0.6) is 0 Å². The molecule has 1 rings (SSSR count). The molecule has 0 amide bonds. The quantitative estimate of drug-likeness (QED) is 0.630. The third-order valence-corrected chi connectivity index (χ3v) is 2.92. The molecule has 88 valence electrons. The van der Waals surface area contributed by atoms with Crippen LogP contribution in [0.25, 0.3) is 0 Å². The van der Waals surface area contributed by atoms with E-state index in [4.69, 9.17) is 16.3 Å². The van der Waals surface area contributed by atoms with E-state index in [0.29, 0.717) is 10.0 Å². The van der Waals surface area contributed by atoms with Crippen LogP contribution in [0.3, 0.4) is 0 Å². The molecule has 0 fully saturated rings. The Kier molecular flexibility index (Phi) is 5.22. The van der Waals surface area contributed by atoms with Crippen LogP contribution < -0.4 is 0 Å². The van der Waals surface area contributed by atoms with Gasteiger partial charge in [-0.15, -0.1) is 11.6 Å². The molecule has 1 unspecified atom stereocenters. The number of rotatable bonds is 4. The number of carbonyl (C=O) groups excluding carboxylic acids is 1. The molecular formula is C11H11BrClFO2. The lowest BCUT2D eigenvalue weighted by molar-refractivity contribution is -0.142. The summed E-state index contributed by atoms with van der Waals surface area (Å²) >= 11 is 8.88. The van der Waals surface area contributed by atoms with Gasteiger partial charge in [0.25, 0.3) is 0 Å². The van der Waals surface area contributed by atoms with E-state index in [1.807, 2.05) is 0 Å². The molecular weight excluding hydrogens is 298 g/mol. The predicted molar refractivity (Wildman–Crippen MR) is 64.1 cm³/mol. The monoisotopic (exact) mass is 308 g/mol. The van der Waals surface area contributed by atoms with Gasteiger partial charge in [0.15, 0.2) is 0 Å². The molecule has 0 radical (unpaired) electrons. The van der Waals surface area contributed by atoms with Crippen LogP contribution in [-0.2, 0) is 16.0 Å². The van der Waals surface area contributed by atoms with Crippen molar-refractivity contribution >= 4 is 33.5 Å². The van der Waals surface area contributed by atoms with Crippen LogP contribution in [0.2, 0.25) is 0 Å². The largest absolute Gasteiger partial charge is 0.465 e. The molecule has 2 nitrogen and oxygen atoms in total. The molecule has 0 spiro atoms. The summed E-state index contributed by atoms with van der Waals surface area (Å²) in [5, 5.41) is -0.777. The van der Waals surface area contributed by atoms with Gasteiger partial charge in [-0.2, -0.15) is 0 Å². The fourth-order valence-electron chi connectivity index (χ4n) is 1.19. The third-order valence-electron chi connectivity index (χ3n) is 1.94. The van der Waals surface area contributed by atoms with E-state index >= 15 is 0 Å². The van der Waals surface area contributed by atoms with Crippen molar-refractivity contribution < 1.29 is 13.9 Å². The van der Waals surface area contributed by atoms with E-state index in [1.165, 1.54) is 6.07 Å². The van der Waals surface area contributed by atoms with Crippen LogP contribution in [0.15, 0.2) is 22.7 Å². The minimum Gasteiger partial charge on any atom is -0.465 e. The maximum Gasteiger partial charge on any atom is 0.324 e. The van der Waals surface area contributed by atoms with Gasteiger partial charge in [-0.3, -0.25) is 4.79 Å². The molecule has 1 atom stereocenters. The van der Waals surface area contributed by atoms with Crippen LogP contribution >= 0.6 is 27.5 Å². The summed E-state index contributed by atoms with van der Waals surface area (Å²) < 4.78 is 18.3. The molecule has 0 bridgehead atoms. The highest BCUT2D eigenvalue weighted by atomic mass is 79.9. The minimum atomic E-state index is -0.777. The van der Waals surface area contributed by atoms with Crippen molar-refractivity contribution in [3.8, 4) is 0 Å². The maximum atomic E-state index is 13.2. The topological polar surface area (TPSA) is 26.3 Å². The Morgan fingerprint density at radius 3 is 2.88 bits per heavy atom. The molecule has 5 heteroatoms. The van der Waals surface area contributed by atoms with Gasteiger partial charge >= 0.3 is 5.97 Å². The summed E-state index contributed by atoms with van der Waals surface area (Å²) in [7, 11) is 0. The number of halogens is 3. The molecule has 0 N–H and O–H groups in total. The maximum absolute atomic E-state index is 13.2. The van der Waals surface area contributed by atoms with Crippen LogP contribution in [0, 0.1) is 5.82 Å². The Morgan fingerprint density at radius 1 is 1.62 bits per heavy atom. The number of hydrogen-bond donors (Lipinski definition) is 0. The molecule has 1 aromatic rings. The van der Waals surface area contributed by atoms with E-state index in [1.54, 1.807) is 19.1 Å². The zero-order valence-electron chi connectivity index (χ0n) is 8.67. The Labute approximate surface area is 107 Å². The summed E-state index contributed by atoms with van der Waals surface area (Å²) in [4.78, 5) is 11.2. The second-order valence-electron chi connectivity index (χ2n) is 3.17. The lowest BCUT2D eigenvalue weighted by Gasteiger charge is -2.08. The van der Waals surface area contributed by atoms with Gasteiger partial charge in [0.05, 0.1) is 11.1 Å². The highest BCUT2D eigenvalue weighted by Crippen LogP contribution is 2.18. The van der Waals surface area contributed by atoms with Gasteiger partial charge in [-0.25, -0.2) is 4.39 Å². The number of ether oxygens (including phenoxy) is 1. The van der Waals surface area contributed by atoms with Crippen molar-refractivity contribution in [3.63, 3.8) is 0 Å². The highest BCUT2D eigenvalue weighted by molar-refractivity contribution is 9.10. The van der Waals surface area contributed by atoms with Gasteiger partial charge in [-0.1, -0.05) is 6.07 Å². The molecule has 0 aliphatic heterocycles. The van der Waals surface area contributed by atoms with Gasteiger partial charge in [0.1, 0.15) is 11.2 Å². The van der Waals surface area contributed by atoms with E-state index in [2.05, 4.69) is 15.9 Å². The number of hydrogen-bond acceptors (Lipinski definition) is 2. The van der Waals surface area contributed by atoms with Gasteiger partial charge in [-0.05, 0) is 47.0 Å². The molecule has 0 saturated carbocycles. The SMILES string of the molecule is CCOC(=O)C(Cl)Cc1ccc(Br)c(F)c1.